The minimum absolute atomic E-state index is 0. The first-order valence-electron chi connectivity index (χ1n) is 8.48. The van der Waals surface area contributed by atoms with E-state index >= 15 is 0 Å². The largest absolute Gasteiger partial charge is 0.337 e. The lowest BCUT2D eigenvalue weighted by Crippen LogP contribution is -2.40. The van der Waals surface area contributed by atoms with Crippen molar-refractivity contribution >= 4 is 29.9 Å². The summed E-state index contributed by atoms with van der Waals surface area (Å²) in [6.07, 6.45) is 2.10. The van der Waals surface area contributed by atoms with Crippen LogP contribution in [0.1, 0.15) is 30.3 Å². The molecule has 0 aliphatic carbocycles. The molecule has 7 heteroatoms. The summed E-state index contributed by atoms with van der Waals surface area (Å²) in [6.45, 7) is 5.79. The summed E-state index contributed by atoms with van der Waals surface area (Å²) in [7, 11) is 0. The number of halogens is 2. The molecule has 2 heterocycles. The maximum Gasteiger partial charge on any atom is 0.271 e. The Bertz CT molecular complexity index is 679. The molecule has 1 fully saturated rings. The Labute approximate surface area is 159 Å². The van der Waals surface area contributed by atoms with Crippen LogP contribution >= 0.6 is 24.0 Å². The molecule has 2 N–H and O–H groups in total. The standard InChI is InChI=1S/C18H23ClN4O.ClH/c1-2-20-12-13-7-9-23(10-8-13)18(24)17-11-16(21-22-17)14-3-5-15(19)6-4-14;/h3-6,11,13,20H,2,7-10,12H2,1H3,(H,21,22);1H. The van der Waals surface area contributed by atoms with Gasteiger partial charge in [0.15, 0.2) is 0 Å². The van der Waals surface area contributed by atoms with Gasteiger partial charge in [-0.3, -0.25) is 9.89 Å². The Kier molecular flexibility index (Phi) is 7.29. The molecule has 0 bridgehead atoms. The molecule has 1 aliphatic heterocycles. The van der Waals surface area contributed by atoms with E-state index in [-0.39, 0.29) is 18.3 Å². The van der Waals surface area contributed by atoms with Crippen LogP contribution < -0.4 is 5.32 Å². The zero-order chi connectivity index (χ0) is 16.9. The van der Waals surface area contributed by atoms with Gasteiger partial charge in [0.1, 0.15) is 5.69 Å². The van der Waals surface area contributed by atoms with E-state index in [4.69, 9.17) is 11.6 Å². The molecule has 0 radical (unpaired) electrons. The normalized spacial score (nSPS) is 15.0. The van der Waals surface area contributed by atoms with Gasteiger partial charge in [0, 0.05) is 23.7 Å². The summed E-state index contributed by atoms with van der Waals surface area (Å²) in [6, 6.07) is 9.26. The number of likely N-dealkylation sites (tertiary alicyclic amines) is 1. The Morgan fingerprint density at radius 3 is 2.64 bits per heavy atom. The number of hydrogen-bond donors (Lipinski definition) is 2. The molecule has 1 amide bonds. The summed E-state index contributed by atoms with van der Waals surface area (Å²) < 4.78 is 0. The quantitative estimate of drug-likeness (QED) is 0.829. The number of piperidine rings is 1. The number of aromatic amines is 1. The number of rotatable bonds is 5. The minimum Gasteiger partial charge on any atom is -0.337 e. The number of benzene rings is 1. The van der Waals surface area contributed by atoms with Crippen molar-refractivity contribution in [2.45, 2.75) is 19.8 Å². The topological polar surface area (TPSA) is 61.0 Å². The first-order valence-corrected chi connectivity index (χ1v) is 8.86. The molecule has 0 atom stereocenters. The molecule has 0 unspecified atom stereocenters. The molecular weight excluding hydrogens is 359 g/mol. The van der Waals surface area contributed by atoms with Gasteiger partial charge in [-0.25, -0.2) is 0 Å². The third-order valence-electron chi connectivity index (χ3n) is 4.53. The highest BCUT2D eigenvalue weighted by atomic mass is 35.5. The van der Waals surface area contributed by atoms with Crippen molar-refractivity contribution in [3.05, 3.63) is 41.0 Å². The van der Waals surface area contributed by atoms with Gasteiger partial charge in [0.25, 0.3) is 5.91 Å². The molecule has 1 saturated heterocycles. The van der Waals surface area contributed by atoms with Crippen LogP contribution in [0, 0.1) is 5.92 Å². The van der Waals surface area contributed by atoms with E-state index in [1.165, 1.54) is 0 Å². The predicted octanol–water partition coefficient (Wildman–Crippen LogP) is 3.61. The van der Waals surface area contributed by atoms with Crippen LogP contribution in [-0.2, 0) is 0 Å². The Balaban J connectivity index is 0.00000225. The van der Waals surface area contributed by atoms with E-state index in [1.807, 2.05) is 35.2 Å². The van der Waals surface area contributed by atoms with E-state index in [9.17, 15) is 4.79 Å². The summed E-state index contributed by atoms with van der Waals surface area (Å²) in [5.74, 6) is 0.699. The van der Waals surface area contributed by atoms with Crippen LogP contribution in [-0.4, -0.2) is 47.2 Å². The fraction of sp³-hybridized carbons (Fsp3) is 0.444. The van der Waals surface area contributed by atoms with Crippen LogP contribution in [0.15, 0.2) is 30.3 Å². The second-order valence-corrected chi connectivity index (χ2v) is 6.65. The molecule has 1 aromatic heterocycles. The average Bonchev–Trinajstić information content (AvgIpc) is 3.10. The Hall–Kier alpha value is -1.56. The maximum absolute atomic E-state index is 12.6. The molecule has 2 aromatic rings. The number of aromatic nitrogens is 2. The number of carbonyl (C=O) groups is 1. The lowest BCUT2D eigenvalue weighted by atomic mass is 9.96. The molecular formula is C18H24Cl2N4O. The fourth-order valence-corrected chi connectivity index (χ4v) is 3.18. The van der Waals surface area contributed by atoms with Crippen molar-refractivity contribution in [3.63, 3.8) is 0 Å². The second kappa shape index (κ2) is 9.22. The van der Waals surface area contributed by atoms with Gasteiger partial charge in [0.05, 0.1) is 5.69 Å². The van der Waals surface area contributed by atoms with Crippen molar-refractivity contribution in [3.8, 4) is 11.3 Å². The smallest absolute Gasteiger partial charge is 0.271 e. The second-order valence-electron chi connectivity index (χ2n) is 6.22. The minimum atomic E-state index is 0. The third kappa shape index (κ3) is 4.97. The van der Waals surface area contributed by atoms with Gasteiger partial charge in [0.2, 0.25) is 0 Å². The number of H-pyrrole nitrogens is 1. The molecule has 1 aromatic carbocycles. The molecule has 3 rings (SSSR count). The van der Waals surface area contributed by atoms with Crippen LogP contribution in [0.25, 0.3) is 11.3 Å². The van der Waals surface area contributed by atoms with Gasteiger partial charge in [-0.15, -0.1) is 12.4 Å². The number of nitrogens with zero attached hydrogens (tertiary/aromatic N) is 2. The Morgan fingerprint density at radius 1 is 1.32 bits per heavy atom. The van der Waals surface area contributed by atoms with Crippen molar-refractivity contribution < 1.29 is 4.79 Å². The van der Waals surface area contributed by atoms with Crippen LogP contribution in [0.5, 0.6) is 0 Å². The first-order chi connectivity index (χ1) is 11.7. The van der Waals surface area contributed by atoms with E-state index in [0.717, 1.165) is 50.3 Å². The SMILES string of the molecule is CCNCC1CCN(C(=O)c2cc(-c3ccc(Cl)cc3)n[nH]2)CC1.Cl. The number of amides is 1. The van der Waals surface area contributed by atoms with E-state index in [2.05, 4.69) is 22.4 Å². The Morgan fingerprint density at radius 2 is 2.00 bits per heavy atom. The highest BCUT2D eigenvalue weighted by Gasteiger charge is 2.24. The monoisotopic (exact) mass is 382 g/mol. The fourth-order valence-electron chi connectivity index (χ4n) is 3.06. The van der Waals surface area contributed by atoms with Gasteiger partial charge in [-0.1, -0.05) is 30.7 Å². The van der Waals surface area contributed by atoms with Crippen molar-refractivity contribution in [2.75, 3.05) is 26.2 Å². The lowest BCUT2D eigenvalue weighted by Gasteiger charge is -2.31. The molecule has 25 heavy (non-hydrogen) atoms. The van der Waals surface area contributed by atoms with Gasteiger partial charge in [-0.05, 0) is 50.0 Å². The lowest BCUT2D eigenvalue weighted by molar-refractivity contribution is 0.0684. The number of hydrogen-bond acceptors (Lipinski definition) is 3. The maximum atomic E-state index is 12.6. The first kappa shape index (κ1) is 19.8. The molecule has 0 spiro atoms. The molecule has 1 aliphatic rings. The summed E-state index contributed by atoms with van der Waals surface area (Å²) in [5, 5.41) is 11.2. The van der Waals surface area contributed by atoms with E-state index < -0.39 is 0 Å². The van der Waals surface area contributed by atoms with Gasteiger partial charge < -0.3 is 10.2 Å². The van der Waals surface area contributed by atoms with Crippen molar-refractivity contribution in [1.29, 1.82) is 0 Å². The van der Waals surface area contributed by atoms with Crippen molar-refractivity contribution in [2.24, 2.45) is 5.92 Å². The number of nitrogens with one attached hydrogen (secondary N) is 2. The van der Waals surface area contributed by atoms with Gasteiger partial charge >= 0.3 is 0 Å². The average molecular weight is 383 g/mol. The molecule has 0 saturated carbocycles. The zero-order valence-electron chi connectivity index (χ0n) is 14.3. The number of carbonyl (C=O) groups excluding carboxylic acids is 1. The summed E-state index contributed by atoms with van der Waals surface area (Å²) in [4.78, 5) is 14.6. The van der Waals surface area contributed by atoms with E-state index in [1.54, 1.807) is 0 Å². The highest BCUT2D eigenvalue weighted by Crippen LogP contribution is 2.22. The summed E-state index contributed by atoms with van der Waals surface area (Å²) >= 11 is 5.91. The van der Waals surface area contributed by atoms with Gasteiger partial charge in [-0.2, -0.15) is 5.10 Å². The third-order valence-corrected chi connectivity index (χ3v) is 4.78. The van der Waals surface area contributed by atoms with Crippen LogP contribution in [0.4, 0.5) is 0 Å². The molecule has 5 nitrogen and oxygen atoms in total. The van der Waals surface area contributed by atoms with Crippen LogP contribution in [0.2, 0.25) is 5.02 Å². The van der Waals surface area contributed by atoms with E-state index in [0.29, 0.717) is 16.6 Å². The molecule has 136 valence electrons. The summed E-state index contributed by atoms with van der Waals surface area (Å²) in [5.41, 5.74) is 2.25. The van der Waals surface area contributed by atoms with Crippen molar-refractivity contribution in [1.82, 2.24) is 20.4 Å². The van der Waals surface area contributed by atoms with Crippen LogP contribution in [0.3, 0.4) is 0 Å². The zero-order valence-corrected chi connectivity index (χ0v) is 15.9. The predicted molar refractivity (Wildman–Crippen MR) is 103 cm³/mol. The highest BCUT2D eigenvalue weighted by molar-refractivity contribution is 6.30.